The number of pyridine rings is 1. The van der Waals surface area contributed by atoms with Crippen LogP contribution in [0.15, 0.2) is 30.3 Å². The van der Waals surface area contributed by atoms with Crippen LogP contribution in [-0.2, 0) is 0 Å². The first-order valence-electron chi connectivity index (χ1n) is 6.46. The van der Waals surface area contributed by atoms with Crippen LogP contribution >= 0.6 is 0 Å². The zero-order chi connectivity index (χ0) is 13.4. The summed E-state index contributed by atoms with van der Waals surface area (Å²) < 4.78 is 0. The molecule has 0 bridgehead atoms. The summed E-state index contributed by atoms with van der Waals surface area (Å²) in [6.07, 6.45) is 2.34. The van der Waals surface area contributed by atoms with E-state index in [4.69, 9.17) is 5.73 Å². The van der Waals surface area contributed by atoms with Gasteiger partial charge in [0.05, 0.1) is 0 Å². The van der Waals surface area contributed by atoms with Gasteiger partial charge in [0.1, 0.15) is 17.5 Å². The van der Waals surface area contributed by atoms with E-state index in [-0.39, 0.29) is 0 Å². The number of aromatic nitrogens is 1. The Balaban J connectivity index is 2.17. The van der Waals surface area contributed by atoms with Gasteiger partial charge in [-0.25, -0.2) is 4.98 Å². The van der Waals surface area contributed by atoms with E-state index < -0.39 is 0 Å². The summed E-state index contributed by atoms with van der Waals surface area (Å²) in [7, 11) is 0. The molecule has 1 fully saturated rings. The van der Waals surface area contributed by atoms with E-state index in [9.17, 15) is 5.26 Å². The molecular weight excluding hydrogens is 234 g/mol. The Morgan fingerprint density at radius 3 is 2.53 bits per heavy atom. The largest absolute Gasteiger partial charge is 0.383 e. The highest BCUT2D eigenvalue weighted by molar-refractivity contribution is 5.76. The summed E-state index contributed by atoms with van der Waals surface area (Å²) in [5.41, 5.74) is 10.6. The molecule has 1 saturated carbocycles. The van der Waals surface area contributed by atoms with E-state index >= 15 is 0 Å². The third kappa shape index (κ3) is 2.17. The van der Waals surface area contributed by atoms with Gasteiger partial charge in [0.25, 0.3) is 0 Å². The molecule has 0 aliphatic heterocycles. The van der Waals surface area contributed by atoms with Gasteiger partial charge in [-0.1, -0.05) is 29.8 Å². The maximum atomic E-state index is 9.29. The molecule has 19 heavy (non-hydrogen) atoms. The topological polar surface area (TPSA) is 62.7 Å². The van der Waals surface area contributed by atoms with Gasteiger partial charge in [-0.05, 0) is 31.4 Å². The number of hydrogen-bond donors (Lipinski definition) is 1. The molecule has 1 aromatic carbocycles. The highest BCUT2D eigenvalue weighted by Crippen LogP contribution is 2.41. The van der Waals surface area contributed by atoms with Crippen LogP contribution in [0, 0.1) is 18.3 Å². The van der Waals surface area contributed by atoms with E-state index in [1.807, 2.05) is 37.3 Å². The van der Waals surface area contributed by atoms with Crippen LogP contribution in [0.2, 0.25) is 0 Å². The van der Waals surface area contributed by atoms with Crippen LogP contribution in [0.1, 0.15) is 35.6 Å². The van der Waals surface area contributed by atoms with Crippen molar-refractivity contribution in [3.05, 3.63) is 47.2 Å². The number of benzene rings is 1. The summed E-state index contributed by atoms with van der Waals surface area (Å²) in [5.74, 6) is 0.877. The van der Waals surface area contributed by atoms with E-state index in [2.05, 4.69) is 11.1 Å². The lowest BCUT2D eigenvalue weighted by molar-refractivity contribution is 1.03. The van der Waals surface area contributed by atoms with Crippen molar-refractivity contribution in [3.63, 3.8) is 0 Å². The molecule has 2 aromatic rings. The minimum Gasteiger partial charge on any atom is -0.383 e. The lowest BCUT2D eigenvalue weighted by Crippen LogP contribution is -2.01. The number of aryl methyl sites for hydroxylation is 1. The molecule has 1 heterocycles. The number of nitrogens with two attached hydrogens (primary N) is 1. The van der Waals surface area contributed by atoms with Crippen molar-refractivity contribution in [3.8, 4) is 17.2 Å². The first-order valence-corrected chi connectivity index (χ1v) is 6.46. The van der Waals surface area contributed by atoms with E-state index in [1.54, 1.807) is 0 Å². The lowest BCUT2D eigenvalue weighted by Gasteiger charge is -2.09. The fourth-order valence-corrected chi connectivity index (χ4v) is 2.25. The summed E-state index contributed by atoms with van der Waals surface area (Å²) in [6, 6.07) is 12.4. The van der Waals surface area contributed by atoms with Crippen molar-refractivity contribution >= 4 is 5.82 Å². The van der Waals surface area contributed by atoms with E-state index in [1.165, 1.54) is 18.4 Å². The summed E-state index contributed by atoms with van der Waals surface area (Å²) in [6.45, 7) is 2.05. The SMILES string of the molecule is Cc1ccc(-c2cc(C3CC3)nc(N)c2C#N)cc1. The predicted molar refractivity (Wildman–Crippen MR) is 75.5 cm³/mol. The average molecular weight is 249 g/mol. The molecule has 3 nitrogen and oxygen atoms in total. The highest BCUT2D eigenvalue weighted by atomic mass is 14.9. The van der Waals surface area contributed by atoms with Gasteiger partial charge in [0.15, 0.2) is 0 Å². The second kappa shape index (κ2) is 4.40. The second-order valence-electron chi connectivity index (χ2n) is 5.11. The number of nitrogens with zero attached hydrogens (tertiary/aromatic N) is 2. The zero-order valence-corrected chi connectivity index (χ0v) is 10.9. The minimum absolute atomic E-state index is 0.350. The molecule has 1 aliphatic carbocycles. The summed E-state index contributed by atoms with van der Waals surface area (Å²) in [5, 5.41) is 9.29. The van der Waals surface area contributed by atoms with Gasteiger partial charge in [-0.2, -0.15) is 5.26 Å². The number of nitriles is 1. The van der Waals surface area contributed by atoms with Crippen molar-refractivity contribution in [1.82, 2.24) is 4.98 Å². The number of hydrogen-bond acceptors (Lipinski definition) is 3. The third-order valence-corrected chi connectivity index (χ3v) is 3.54. The number of rotatable bonds is 2. The molecule has 0 saturated heterocycles. The quantitative estimate of drug-likeness (QED) is 0.887. The summed E-state index contributed by atoms with van der Waals surface area (Å²) >= 11 is 0. The van der Waals surface area contributed by atoms with Crippen LogP contribution < -0.4 is 5.73 Å². The Hall–Kier alpha value is -2.34. The highest BCUT2D eigenvalue weighted by Gasteiger charge is 2.27. The Labute approximate surface area is 112 Å². The lowest BCUT2D eigenvalue weighted by atomic mass is 9.98. The Morgan fingerprint density at radius 2 is 1.95 bits per heavy atom. The van der Waals surface area contributed by atoms with Crippen molar-refractivity contribution < 1.29 is 0 Å². The fourth-order valence-electron chi connectivity index (χ4n) is 2.25. The van der Waals surface area contributed by atoms with Crippen LogP contribution in [0.5, 0.6) is 0 Å². The standard InChI is InChI=1S/C16H15N3/c1-10-2-4-11(5-3-10)13-8-15(12-6-7-12)19-16(18)14(13)9-17/h2-5,8,12H,6-7H2,1H3,(H2,18,19). The average Bonchev–Trinajstić information content (AvgIpc) is 3.23. The molecule has 0 radical (unpaired) electrons. The second-order valence-corrected chi connectivity index (χ2v) is 5.11. The van der Waals surface area contributed by atoms with Gasteiger partial charge in [-0.15, -0.1) is 0 Å². The van der Waals surface area contributed by atoms with Crippen molar-refractivity contribution in [2.45, 2.75) is 25.7 Å². The fraction of sp³-hybridized carbons (Fsp3) is 0.250. The maximum Gasteiger partial charge on any atom is 0.142 e. The first kappa shape index (κ1) is 11.7. The van der Waals surface area contributed by atoms with Crippen LogP contribution in [0.3, 0.4) is 0 Å². The molecule has 1 aromatic heterocycles. The molecular formula is C16H15N3. The number of nitrogen functional groups attached to an aromatic ring is 1. The van der Waals surface area contributed by atoms with Crippen molar-refractivity contribution in [2.75, 3.05) is 5.73 Å². The maximum absolute atomic E-state index is 9.29. The normalized spacial score (nSPS) is 14.1. The van der Waals surface area contributed by atoms with E-state index in [0.29, 0.717) is 17.3 Å². The van der Waals surface area contributed by atoms with Crippen molar-refractivity contribution in [1.29, 1.82) is 5.26 Å². The van der Waals surface area contributed by atoms with Crippen LogP contribution in [0.25, 0.3) is 11.1 Å². The van der Waals surface area contributed by atoms with Crippen LogP contribution in [0.4, 0.5) is 5.82 Å². The van der Waals surface area contributed by atoms with Crippen LogP contribution in [-0.4, -0.2) is 4.98 Å². The zero-order valence-electron chi connectivity index (χ0n) is 10.9. The summed E-state index contributed by atoms with van der Waals surface area (Å²) in [4.78, 5) is 4.36. The van der Waals surface area contributed by atoms with E-state index in [0.717, 1.165) is 16.8 Å². The van der Waals surface area contributed by atoms with Gasteiger partial charge < -0.3 is 5.73 Å². The van der Waals surface area contributed by atoms with Gasteiger partial charge in [0, 0.05) is 17.2 Å². The Bertz CT molecular complexity index is 662. The molecule has 0 spiro atoms. The molecule has 0 unspecified atom stereocenters. The Kier molecular flexibility index (Phi) is 2.72. The smallest absolute Gasteiger partial charge is 0.142 e. The molecule has 3 rings (SSSR count). The molecule has 94 valence electrons. The monoisotopic (exact) mass is 249 g/mol. The predicted octanol–water partition coefficient (Wildman–Crippen LogP) is 3.39. The first-order chi connectivity index (χ1) is 9.19. The molecule has 0 atom stereocenters. The molecule has 0 amide bonds. The van der Waals surface area contributed by atoms with Gasteiger partial charge in [0.2, 0.25) is 0 Å². The number of anilines is 1. The molecule has 1 aliphatic rings. The van der Waals surface area contributed by atoms with Gasteiger partial charge in [-0.3, -0.25) is 0 Å². The minimum atomic E-state index is 0.350. The van der Waals surface area contributed by atoms with Crippen molar-refractivity contribution in [2.24, 2.45) is 0 Å². The third-order valence-electron chi connectivity index (χ3n) is 3.54. The molecule has 3 heteroatoms. The molecule has 2 N–H and O–H groups in total. The Morgan fingerprint density at radius 1 is 1.26 bits per heavy atom. The van der Waals surface area contributed by atoms with Gasteiger partial charge >= 0.3 is 0 Å².